The number of hydrogen-bond donors (Lipinski definition) is 2. The van der Waals surface area contributed by atoms with Crippen LogP contribution >= 0.6 is 21.6 Å². The summed E-state index contributed by atoms with van der Waals surface area (Å²) < 4.78 is 71.7. The van der Waals surface area contributed by atoms with Crippen LogP contribution in [0.3, 0.4) is 0 Å². The van der Waals surface area contributed by atoms with Crippen molar-refractivity contribution in [2.45, 2.75) is 23.6 Å². The minimum Gasteiger partial charge on any atom is -0.269 e. The maximum atomic E-state index is 12.4. The summed E-state index contributed by atoms with van der Waals surface area (Å²) in [5, 5.41) is 0. The van der Waals surface area contributed by atoms with Gasteiger partial charge < -0.3 is 0 Å². The molecule has 12 heteroatoms. The number of para-hydroxylation sites is 2. The van der Waals surface area contributed by atoms with E-state index in [2.05, 4.69) is 0 Å². The van der Waals surface area contributed by atoms with Crippen molar-refractivity contribution in [3.05, 3.63) is 108 Å². The van der Waals surface area contributed by atoms with Crippen molar-refractivity contribution >= 4 is 64.9 Å². The van der Waals surface area contributed by atoms with Crippen LogP contribution < -0.4 is 8.61 Å². The highest BCUT2D eigenvalue weighted by molar-refractivity contribution is 8.76. The number of rotatable bonds is 9. The monoisotopic (exact) mass is 588 g/mol. The van der Waals surface area contributed by atoms with Crippen LogP contribution in [-0.2, 0) is 20.6 Å². The first kappa shape index (κ1) is 28.0. The minimum atomic E-state index is -4.68. The molecule has 0 unspecified atom stereocenters. The quantitative estimate of drug-likeness (QED) is 0.159. The van der Waals surface area contributed by atoms with Crippen LogP contribution in [-0.4, -0.2) is 25.9 Å². The van der Waals surface area contributed by atoms with Gasteiger partial charge in [-0.15, -0.1) is 0 Å². The van der Waals surface area contributed by atoms with Gasteiger partial charge in [0.15, 0.2) is 0 Å². The smallest absolute Gasteiger partial charge is 0.269 e. The van der Waals surface area contributed by atoms with E-state index in [0.717, 1.165) is 19.7 Å². The molecule has 38 heavy (non-hydrogen) atoms. The molecule has 0 saturated heterocycles. The molecule has 0 heterocycles. The first-order valence-corrected chi connectivity index (χ1v) is 16.1. The summed E-state index contributed by atoms with van der Waals surface area (Å²) in [5.41, 5.74) is 2.81. The normalized spacial score (nSPS) is 11.8. The third-order valence-electron chi connectivity index (χ3n) is 5.39. The maximum Gasteiger partial charge on any atom is 0.364 e. The lowest BCUT2D eigenvalue weighted by Gasteiger charge is -2.24. The van der Waals surface area contributed by atoms with Crippen molar-refractivity contribution in [3.8, 4) is 0 Å². The van der Waals surface area contributed by atoms with Crippen LogP contribution in [0.25, 0.3) is 0 Å². The fourth-order valence-corrected chi connectivity index (χ4v) is 7.66. The van der Waals surface area contributed by atoms with Gasteiger partial charge in [-0.25, -0.2) is 8.61 Å². The van der Waals surface area contributed by atoms with Gasteiger partial charge in [0.1, 0.15) is 0 Å². The molecule has 0 aromatic heterocycles. The van der Waals surface area contributed by atoms with Crippen molar-refractivity contribution in [2.75, 3.05) is 8.61 Å². The Morgan fingerprint density at radius 2 is 0.842 bits per heavy atom. The molecule has 0 aliphatic rings. The molecule has 4 rings (SSSR count). The SMILES string of the molecule is Cc1ccc(N(c2ccccc2SSc2ccccc2N(c2ccc(C)cc2)S(=O)(=O)O)S(=O)(=O)O)cc1. The molecule has 0 aliphatic heterocycles. The van der Waals surface area contributed by atoms with Crippen LogP contribution in [0.1, 0.15) is 11.1 Å². The van der Waals surface area contributed by atoms with E-state index in [1.807, 2.05) is 13.8 Å². The Balaban J connectivity index is 1.73. The second-order valence-corrected chi connectivity index (χ2v) is 13.0. The number of benzene rings is 4. The summed E-state index contributed by atoms with van der Waals surface area (Å²) in [6.07, 6.45) is 0. The average Bonchev–Trinajstić information content (AvgIpc) is 2.85. The van der Waals surface area contributed by atoms with Gasteiger partial charge in [0, 0.05) is 9.79 Å². The summed E-state index contributed by atoms with van der Waals surface area (Å²) in [5.74, 6) is 0. The van der Waals surface area contributed by atoms with Crippen LogP contribution in [0.15, 0.2) is 107 Å². The van der Waals surface area contributed by atoms with Crippen LogP contribution in [0.2, 0.25) is 0 Å². The molecule has 0 spiro atoms. The van der Waals surface area contributed by atoms with Gasteiger partial charge in [0.25, 0.3) is 0 Å². The van der Waals surface area contributed by atoms with Crippen molar-refractivity contribution in [3.63, 3.8) is 0 Å². The summed E-state index contributed by atoms with van der Waals surface area (Å²) in [4.78, 5) is 0.999. The molecule has 0 atom stereocenters. The van der Waals surface area contributed by atoms with E-state index in [0.29, 0.717) is 9.79 Å². The van der Waals surface area contributed by atoms with Gasteiger partial charge in [-0.1, -0.05) is 81.2 Å². The highest BCUT2D eigenvalue weighted by Crippen LogP contribution is 2.47. The Bertz CT molecular complexity index is 1520. The molecule has 0 fully saturated rings. The third kappa shape index (κ3) is 6.52. The Morgan fingerprint density at radius 1 is 0.526 bits per heavy atom. The Kier molecular flexibility index (Phi) is 8.40. The number of anilines is 4. The molecule has 2 N–H and O–H groups in total. The highest BCUT2D eigenvalue weighted by Gasteiger charge is 2.27. The van der Waals surface area contributed by atoms with E-state index < -0.39 is 20.6 Å². The maximum absolute atomic E-state index is 12.4. The highest BCUT2D eigenvalue weighted by atomic mass is 33.1. The number of hydrogen-bond acceptors (Lipinski definition) is 6. The largest absolute Gasteiger partial charge is 0.364 e. The molecule has 0 aliphatic carbocycles. The zero-order valence-corrected chi connectivity index (χ0v) is 23.6. The van der Waals surface area contributed by atoms with Gasteiger partial charge >= 0.3 is 20.6 Å². The molecule has 4 aromatic carbocycles. The van der Waals surface area contributed by atoms with E-state index >= 15 is 0 Å². The van der Waals surface area contributed by atoms with Crippen LogP contribution in [0.4, 0.5) is 22.7 Å². The summed E-state index contributed by atoms with van der Waals surface area (Å²) in [6, 6.07) is 26.6. The number of aryl methyl sites for hydroxylation is 2. The molecule has 8 nitrogen and oxygen atoms in total. The first-order chi connectivity index (χ1) is 17.9. The lowest BCUT2D eigenvalue weighted by atomic mass is 10.2. The molecule has 0 bridgehead atoms. The zero-order valence-electron chi connectivity index (χ0n) is 20.3. The Labute approximate surface area is 230 Å². The van der Waals surface area contributed by atoms with Gasteiger partial charge in [0.2, 0.25) is 0 Å². The van der Waals surface area contributed by atoms with Gasteiger partial charge in [-0.3, -0.25) is 9.11 Å². The molecule has 0 saturated carbocycles. The molecule has 4 aromatic rings. The second-order valence-electron chi connectivity index (χ2n) is 8.26. The van der Waals surface area contributed by atoms with Crippen molar-refractivity contribution in [2.24, 2.45) is 0 Å². The predicted octanol–water partition coefficient (Wildman–Crippen LogP) is 6.98. The average molecular weight is 589 g/mol. The zero-order chi connectivity index (χ0) is 27.5. The van der Waals surface area contributed by atoms with Crippen molar-refractivity contribution in [1.29, 1.82) is 0 Å². The van der Waals surface area contributed by atoms with Crippen LogP contribution in [0, 0.1) is 13.8 Å². The lowest BCUT2D eigenvalue weighted by Crippen LogP contribution is -2.25. The van der Waals surface area contributed by atoms with E-state index in [1.165, 1.54) is 21.6 Å². The summed E-state index contributed by atoms with van der Waals surface area (Å²) in [7, 11) is -7.00. The van der Waals surface area contributed by atoms with E-state index in [4.69, 9.17) is 0 Å². The first-order valence-electron chi connectivity index (χ1n) is 11.2. The predicted molar refractivity (Wildman–Crippen MR) is 154 cm³/mol. The van der Waals surface area contributed by atoms with Crippen molar-refractivity contribution in [1.82, 2.24) is 0 Å². The van der Waals surface area contributed by atoms with Gasteiger partial charge in [-0.2, -0.15) is 16.8 Å². The van der Waals surface area contributed by atoms with Gasteiger partial charge in [-0.05, 0) is 62.4 Å². The molecule has 198 valence electrons. The molecule has 0 radical (unpaired) electrons. The van der Waals surface area contributed by atoms with Crippen molar-refractivity contribution < 1.29 is 25.9 Å². The second kappa shape index (κ2) is 11.4. The molecule has 0 amide bonds. The third-order valence-corrected chi connectivity index (χ3v) is 9.59. The van der Waals surface area contributed by atoms with E-state index in [-0.39, 0.29) is 22.7 Å². The van der Waals surface area contributed by atoms with E-state index in [1.54, 1.807) is 97.1 Å². The lowest BCUT2D eigenvalue weighted by molar-refractivity contribution is 0.481. The Hall–Kier alpha value is -3.00. The fraction of sp³-hybridized carbons (Fsp3) is 0.0769. The number of nitrogens with zero attached hydrogens (tertiary/aromatic N) is 2. The molecular formula is C26H24N2O6S4. The molecular weight excluding hydrogens is 565 g/mol. The van der Waals surface area contributed by atoms with Gasteiger partial charge in [0.05, 0.1) is 22.7 Å². The standard InChI is InChI=1S/C26H24N2O6S4/c1-19-11-15-21(16-12-19)27(37(29,30)31)23-7-3-5-9-25(23)35-36-26-10-6-4-8-24(26)28(38(32,33)34)22-17-13-20(2)14-18-22/h3-18H,1-2H3,(H,29,30,31)(H,32,33,34). The van der Waals surface area contributed by atoms with Crippen LogP contribution in [0.5, 0.6) is 0 Å². The minimum absolute atomic E-state index is 0.221. The Morgan fingerprint density at radius 3 is 1.16 bits per heavy atom. The summed E-state index contributed by atoms with van der Waals surface area (Å²) in [6.45, 7) is 3.73. The van der Waals surface area contributed by atoms with E-state index in [9.17, 15) is 25.9 Å². The topological polar surface area (TPSA) is 115 Å². The summed E-state index contributed by atoms with van der Waals surface area (Å²) >= 11 is 0. The fourth-order valence-electron chi connectivity index (χ4n) is 3.63.